The molecule has 1 amide bonds. The Morgan fingerprint density at radius 1 is 1.60 bits per heavy atom. The number of carbonyl (C=O) groups excluding carboxylic acids is 1. The second-order valence-corrected chi connectivity index (χ2v) is 5.48. The number of thiophene rings is 1. The molecular formula is C11H16ClNOS. The van der Waals surface area contributed by atoms with Gasteiger partial charge < -0.3 is 5.32 Å². The van der Waals surface area contributed by atoms with E-state index in [1.165, 1.54) is 11.3 Å². The molecule has 4 heteroatoms. The molecule has 0 aliphatic carbocycles. The molecule has 0 radical (unpaired) electrons. The molecule has 0 saturated heterocycles. The number of aryl methyl sites for hydroxylation is 1. The first-order valence-corrected chi connectivity index (χ1v) is 6.31. The fourth-order valence-electron chi connectivity index (χ4n) is 1.44. The molecule has 1 N–H and O–H groups in total. The van der Waals surface area contributed by atoms with Crippen LogP contribution in [-0.4, -0.2) is 17.3 Å². The highest BCUT2D eigenvalue weighted by molar-refractivity contribution is 7.12. The predicted molar refractivity (Wildman–Crippen MR) is 65.9 cm³/mol. The molecule has 0 aliphatic rings. The number of hydrogen-bond acceptors (Lipinski definition) is 2. The minimum Gasteiger partial charge on any atom is -0.349 e. The zero-order valence-electron chi connectivity index (χ0n) is 9.21. The maximum absolute atomic E-state index is 11.8. The highest BCUT2D eigenvalue weighted by atomic mass is 35.5. The van der Waals surface area contributed by atoms with E-state index in [1.807, 2.05) is 32.2 Å². The van der Waals surface area contributed by atoms with Crippen LogP contribution in [0.4, 0.5) is 0 Å². The lowest BCUT2D eigenvalue weighted by Gasteiger charge is -2.14. The van der Waals surface area contributed by atoms with E-state index < -0.39 is 0 Å². The zero-order valence-corrected chi connectivity index (χ0v) is 10.8. The third-order valence-corrected chi connectivity index (χ3v) is 3.32. The lowest BCUT2D eigenvalue weighted by atomic mass is 10.2. The van der Waals surface area contributed by atoms with E-state index in [1.54, 1.807) is 0 Å². The molecule has 84 valence electrons. The second kappa shape index (κ2) is 5.52. The molecule has 0 spiro atoms. The molecular weight excluding hydrogens is 230 g/mol. The summed E-state index contributed by atoms with van der Waals surface area (Å²) in [6.07, 6.45) is 0.789. The average molecular weight is 246 g/mol. The number of rotatable bonds is 4. The van der Waals surface area contributed by atoms with Gasteiger partial charge in [0.15, 0.2) is 0 Å². The van der Waals surface area contributed by atoms with Gasteiger partial charge in [0, 0.05) is 11.4 Å². The molecule has 1 aromatic heterocycles. The van der Waals surface area contributed by atoms with E-state index in [0.717, 1.165) is 16.9 Å². The molecule has 2 atom stereocenters. The van der Waals surface area contributed by atoms with E-state index in [-0.39, 0.29) is 17.3 Å². The normalized spacial score (nSPS) is 14.7. The van der Waals surface area contributed by atoms with Crippen molar-refractivity contribution >= 4 is 28.8 Å². The lowest BCUT2D eigenvalue weighted by molar-refractivity contribution is 0.0942. The number of hydrogen-bond donors (Lipinski definition) is 1. The van der Waals surface area contributed by atoms with Gasteiger partial charge >= 0.3 is 0 Å². The Hall–Kier alpha value is -0.540. The van der Waals surface area contributed by atoms with Crippen molar-refractivity contribution in [3.63, 3.8) is 0 Å². The Morgan fingerprint density at radius 3 is 2.73 bits per heavy atom. The molecule has 0 aromatic carbocycles. The standard InChI is InChI=1S/C11H16ClNOS/c1-7-4-5-15-10(7)11(14)13-9(3)6-8(2)12/h4-5,8-9H,6H2,1-3H3,(H,13,14). The molecule has 1 heterocycles. The summed E-state index contributed by atoms with van der Waals surface area (Å²) in [5.74, 6) is 0.00677. The first-order chi connectivity index (χ1) is 7.00. The summed E-state index contributed by atoms with van der Waals surface area (Å²) < 4.78 is 0. The van der Waals surface area contributed by atoms with Crippen molar-refractivity contribution in [2.24, 2.45) is 0 Å². The molecule has 15 heavy (non-hydrogen) atoms. The summed E-state index contributed by atoms with van der Waals surface area (Å²) in [7, 11) is 0. The topological polar surface area (TPSA) is 29.1 Å². The van der Waals surface area contributed by atoms with E-state index in [9.17, 15) is 4.79 Å². The fourth-order valence-corrected chi connectivity index (χ4v) is 2.54. The van der Waals surface area contributed by atoms with Crippen molar-refractivity contribution in [3.8, 4) is 0 Å². The smallest absolute Gasteiger partial charge is 0.261 e. The van der Waals surface area contributed by atoms with Gasteiger partial charge in [-0.1, -0.05) is 0 Å². The van der Waals surface area contributed by atoms with Crippen LogP contribution >= 0.6 is 22.9 Å². The monoisotopic (exact) mass is 245 g/mol. The molecule has 2 nitrogen and oxygen atoms in total. The van der Waals surface area contributed by atoms with E-state index >= 15 is 0 Å². The summed E-state index contributed by atoms with van der Waals surface area (Å²) in [6, 6.07) is 2.07. The maximum Gasteiger partial charge on any atom is 0.261 e. The van der Waals surface area contributed by atoms with Crippen LogP contribution in [0.25, 0.3) is 0 Å². The quantitative estimate of drug-likeness (QED) is 0.811. The van der Waals surface area contributed by atoms with Gasteiger partial charge in [-0.3, -0.25) is 4.79 Å². The lowest BCUT2D eigenvalue weighted by Crippen LogP contribution is -2.33. The second-order valence-electron chi connectivity index (χ2n) is 3.82. The Balaban J connectivity index is 2.53. The van der Waals surface area contributed by atoms with Crippen LogP contribution in [0.2, 0.25) is 0 Å². The summed E-state index contributed by atoms with van der Waals surface area (Å²) in [4.78, 5) is 12.6. The van der Waals surface area contributed by atoms with Gasteiger partial charge in [-0.2, -0.15) is 0 Å². The number of carbonyl (C=O) groups is 1. The summed E-state index contributed by atoms with van der Waals surface area (Å²) in [5, 5.41) is 4.96. The van der Waals surface area contributed by atoms with Gasteiger partial charge in [0.2, 0.25) is 0 Å². The summed E-state index contributed by atoms with van der Waals surface area (Å²) in [6.45, 7) is 5.85. The van der Waals surface area contributed by atoms with Crippen molar-refractivity contribution in [1.82, 2.24) is 5.32 Å². The molecule has 1 rings (SSSR count). The third kappa shape index (κ3) is 3.84. The van der Waals surface area contributed by atoms with Crippen LogP contribution in [0.5, 0.6) is 0 Å². The average Bonchev–Trinajstić information content (AvgIpc) is 2.49. The van der Waals surface area contributed by atoms with Crippen molar-refractivity contribution in [1.29, 1.82) is 0 Å². The van der Waals surface area contributed by atoms with E-state index in [2.05, 4.69) is 5.32 Å². The first-order valence-electron chi connectivity index (χ1n) is 4.99. The number of alkyl halides is 1. The zero-order chi connectivity index (χ0) is 11.4. The van der Waals surface area contributed by atoms with Crippen molar-refractivity contribution in [2.45, 2.75) is 38.6 Å². The van der Waals surface area contributed by atoms with Gasteiger partial charge in [-0.15, -0.1) is 22.9 Å². The van der Waals surface area contributed by atoms with Crippen LogP contribution in [0.1, 0.15) is 35.5 Å². The van der Waals surface area contributed by atoms with Gasteiger partial charge in [0.1, 0.15) is 0 Å². The van der Waals surface area contributed by atoms with Gasteiger partial charge in [0.05, 0.1) is 4.88 Å². The summed E-state index contributed by atoms with van der Waals surface area (Å²) in [5.41, 5.74) is 1.03. The van der Waals surface area contributed by atoms with Crippen LogP contribution in [0.3, 0.4) is 0 Å². The molecule has 0 fully saturated rings. The van der Waals surface area contributed by atoms with Gasteiger partial charge in [-0.05, 0) is 44.2 Å². The predicted octanol–water partition coefficient (Wildman–Crippen LogP) is 3.19. The Bertz CT molecular complexity index is 335. The fraction of sp³-hybridized carbons (Fsp3) is 0.545. The van der Waals surface area contributed by atoms with Crippen molar-refractivity contribution in [3.05, 3.63) is 21.9 Å². The largest absolute Gasteiger partial charge is 0.349 e. The SMILES string of the molecule is Cc1ccsc1C(=O)NC(C)CC(C)Cl. The highest BCUT2D eigenvalue weighted by Crippen LogP contribution is 2.15. The number of halogens is 1. The Morgan fingerprint density at radius 2 is 2.27 bits per heavy atom. The number of amides is 1. The van der Waals surface area contributed by atoms with Crippen molar-refractivity contribution < 1.29 is 4.79 Å². The van der Waals surface area contributed by atoms with Gasteiger partial charge in [-0.25, -0.2) is 0 Å². The minimum atomic E-state index is 0.00677. The Kier molecular flexibility index (Phi) is 4.61. The van der Waals surface area contributed by atoms with Crippen LogP contribution in [0, 0.1) is 6.92 Å². The van der Waals surface area contributed by atoms with Crippen LogP contribution < -0.4 is 5.32 Å². The summed E-state index contributed by atoms with van der Waals surface area (Å²) >= 11 is 7.34. The maximum atomic E-state index is 11.8. The molecule has 1 aromatic rings. The van der Waals surface area contributed by atoms with Crippen LogP contribution in [0.15, 0.2) is 11.4 Å². The van der Waals surface area contributed by atoms with Gasteiger partial charge in [0.25, 0.3) is 5.91 Å². The Labute approximate surface area is 99.6 Å². The van der Waals surface area contributed by atoms with Crippen LogP contribution in [-0.2, 0) is 0 Å². The van der Waals surface area contributed by atoms with E-state index in [4.69, 9.17) is 11.6 Å². The van der Waals surface area contributed by atoms with E-state index in [0.29, 0.717) is 0 Å². The molecule has 0 saturated carbocycles. The molecule has 2 unspecified atom stereocenters. The number of nitrogens with one attached hydrogen (secondary N) is 1. The first kappa shape index (κ1) is 12.5. The highest BCUT2D eigenvalue weighted by Gasteiger charge is 2.14. The minimum absolute atomic E-state index is 0.00677. The third-order valence-electron chi connectivity index (χ3n) is 2.12. The molecule has 0 bridgehead atoms. The molecule has 0 aliphatic heterocycles. The van der Waals surface area contributed by atoms with Crippen molar-refractivity contribution in [2.75, 3.05) is 0 Å².